The Morgan fingerprint density at radius 2 is 1.28 bits per heavy atom. The van der Waals surface area contributed by atoms with Crippen LogP contribution in [0.4, 0.5) is 11.4 Å². The molecule has 0 aliphatic heterocycles. The molecule has 8 nitrogen and oxygen atoms in total. The molecule has 0 aromatic heterocycles. The van der Waals surface area contributed by atoms with E-state index in [2.05, 4.69) is 50.7 Å². The first kappa shape index (κ1) is 32.8. The van der Waals surface area contributed by atoms with Crippen molar-refractivity contribution in [3.8, 4) is 11.5 Å². The van der Waals surface area contributed by atoms with E-state index in [1.54, 1.807) is 18.2 Å². The van der Waals surface area contributed by atoms with Crippen molar-refractivity contribution >= 4 is 23.3 Å². The van der Waals surface area contributed by atoms with Gasteiger partial charge in [0.05, 0.1) is 36.7 Å². The lowest BCUT2D eigenvalue weighted by Crippen LogP contribution is -2.04. The number of phenols is 1. The van der Waals surface area contributed by atoms with Crippen molar-refractivity contribution in [3.63, 3.8) is 0 Å². The maximum atomic E-state index is 11.6. The number of rotatable bonds is 11. The van der Waals surface area contributed by atoms with E-state index in [4.69, 9.17) is 26.0 Å². The predicted octanol–water partition coefficient (Wildman–Crippen LogP) is 6.61. The molecule has 39 heavy (non-hydrogen) atoms. The van der Waals surface area contributed by atoms with Crippen molar-refractivity contribution in [1.29, 1.82) is 0 Å². The fraction of sp³-hybridized carbons (Fsp3) is 0.355. The molecule has 0 unspecified atom stereocenters. The third-order valence-electron chi connectivity index (χ3n) is 5.68. The zero-order chi connectivity index (χ0) is 29.4. The Hall–Kier alpha value is -4.20. The highest BCUT2D eigenvalue weighted by atomic mass is 16.5. The van der Waals surface area contributed by atoms with Gasteiger partial charge in [-0.25, -0.2) is 9.59 Å². The summed E-state index contributed by atoms with van der Waals surface area (Å²) in [6, 6.07) is 9.09. The standard InChI is InChI=1S/C23H33NO3.C8H9NO3/c1-17(2)8-6-9-18(3)10-7-11-19(4)14-15-27-22-16-20(23(25)26-5)12-13-21(22)24;1-12-8(11)5-2-3-6(9)7(10)4-5/h8,10,12-14,16H,6-7,9,11,15,24H2,1-5H3;2-4,10H,9H2,1H3/b18-10+,19-14+;. The van der Waals surface area contributed by atoms with Gasteiger partial charge < -0.3 is 30.8 Å². The van der Waals surface area contributed by atoms with Crippen LogP contribution in [0.2, 0.25) is 0 Å². The summed E-state index contributed by atoms with van der Waals surface area (Å²) in [6.07, 6.45) is 10.9. The second-order valence-corrected chi connectivity index (χ2v) is 9.28. The maximum absolute atomic E-state index is 11.6. The van der Waals surface area contributed by atoms with Gasteiger partial charge in [0.15, 0.2) is 0 Å². The van der Waals surface area contributed by atoms with Crippen LogP contribution in [-0.4, -0.2) is 37.9 Å². The second kappa shape index (κ2) is 17.3. The molecule has 0 heterocycles. The number of carbonyl (C=O) groups is 2. The van der Waals surface area contributed by atoms with Gasteiger partial charge in [0.1, 0.15) is 18.1 Å². The number of benzene rings is 2. The van der Waals surface area contributed by atoms with E-state index in [1.165, 1.54) is 49.1 Å². The molecule has 0 spiro atoms. The van der Waals surface area contributed by atoms with E-state index >= 15 is 0 Å². The first-order chi connectivity index (χ1) is 18.5. The van der Waals surface area contributed by atoms with Gasteiger partial charge in [-0.3, -0.25) is 0 Å². The zero-order valence-corrected chi connectivity index (χ0v) is 23.9. The van der Waals surface area contributed by atoms with E-state index in [0.717, 1.165) is 25.7 Å². The number of allylic oxidation sites excluding steroid dienone is 5. The third-order valence-corrected chi connectivity index (χ3v) is 5.68. The Labute approximate surface area is 231 Å². The molecule has 8 heteroatoms. The van der Waals surface area contributed by atoms with E-state index in [1.807, 2.05) is 0 Å². The monoisotopic (exact) mass is 538 g/mol. The minimum Gasteiger partial charge on any atom is -0.506 e. The van der Waals surface area contributed by atoms with Gasteiger partial charge in [0.2, 0.25) is 0 Å². The quantitative estimate of drug-likeness (QED) is 0.126. The van der Waals surface area contributed by atoms with E-state index in [9.17, 15) is 9.59 Å². The number of nitrogen functional groups attached to an aromatic ring is 2. The molecule has 2 aromatic rings. The Kier molecular flexibility index (Phi) is 14.6. The molecule has 5 N–H and O–H groups in total. The van der Waals surface area contributed by atoms with Gasteiger partial charge in [-0.05, 0) is 95.9 Å². The number of hydrogen-bond acceptors (Lipinski definition) is 8. The number of ether oxygens (including phenoxy) is 3. The number of methoxy groups -OCH3 is 2. The Morgan fingerprint density at radius 1 is 0.769 bits per heavy atom. The molecule has 212 valence electrons. The van der Waals surface area contributed by atoms with E-state index < -0.39 is 11.9 Å². The number of phenolic OH excluding ortho intramolecular Hbond substituents is 1. The van der Waals surface area contributed by atoms with Crippen molar-refractivity contribution in [2.24, 2.45) is 0 Å². The van der Waals surface area contributed by atoms with Crippen molar-refractivity contribution in [2.45, 2.75) is 53.4 Å². The lowest BCUT2D eigenvalue weighted by atomic mass is 10.1. The summed E-state index contributed by atoms with van der Waals surface area (Å²) in [6.45, 7) is 8.98. The molecule has 0 saturated heterocycles. The first-order valence-electron chi connectivity index (χ1n) is 12.7. The number of hydrogen-bond donors (Lipinski definition) is 3. The molecule has 0 bridgehead atoms. The molecule has 0 amide bonds. The summed E-state index contributed by atoms with van der Waals surface area (Å²) in [4.78, 5) is 22.5. The van der Waals surface area contributed by atoms with Crippen LogP contribution < -0.4 is 16.2 Å². The smallest absolute Gasteiger partial charge is 0.337 e. The van der Waals surface area contributed by atoms with Crippen LogP contribution in [0.25, 0.3) is 0 Å². The number of nitrogens with two attached hydrogens (primary N) is 2. The topological polar surface area (TPSA) is 134 Å². The fourth-order valence-corrected chi connectivity index (χ4v) is 3.31. The normalized spacial score (nSPS) is 11.1. The second-order valence-electron chi connectivity index (χ2n) is 9.28. The molecule has 0 saturated carbocycles. The summed E-state index contributed by atoms with van der Waals surface area (Å²) in [5.74, 6) is -0.515. The highest BCUT2D eigenvalue weighted by Gasteiger charge is 2.09. The Balaban J connectivity index is 0.000000525. The molecular weight excluding hydrogens is 496 g/mol. The third kappa shape index (κ3) is 12.7. The highest BCUT2D eigenvalue weighted by molar-refractivity contribution is 5.91. The molecular formula is C31H42N2O6. The number of esters is 2. The van der Waals surface area contributed by atoms with Crippen LogP contribution >= 0.6 is 0 Å². The van der Waals surface area contributed by atoms with E-state index in [-0.39, 0.29) is 17.0 Å². The molecule has 0 radical (unpaired) electrons. The summed E-state index contributed by atoms with van der Waals surface area (Å²) >= 11 is 0. The van der Waals surface area contributed by atoms with Crippen molar-refractivity contribution in [2.75, 3.05) is 32.3 Å². The van der Waals surface area contributed by atoms with Gasteiger partial charge in [-0.1, -0.05) is 28.9 Å². The predicted molar refractivity (Wildman–Crippen MR) is 157 cm³/mol. The minimum absolute atomic E-state index is 0.113. The van der Waals surface area contributed by atoms with Gasteiger partial charge in [0.25, 0.3) is 0 Å². The number of anilines is 2. The van der Waals surface area contributed by atoms with Crippen LogP contribution in [0.5, 0.6) is 11.5 Å². The van der Waals surface area contributed by atoms with Crippen LogP contribution in [0, 0.1) is 0 Å². The minimum atomic E-state index is -0.495. The average molecular weight is 539 g/mol. The molecule has 0 fully saturated rings. The highest BCUT2D eigenvalue weighted by Crippen LogP contribution is 2.23. The van der Waals surface area contributed by atoms with Crippen LogP contribution in [0.15, 0.2) is 71.3 Å². The lowest BCUT2D eigenvalue weighted by molar-refractivity contribution is 0.0591. The summed E-state index contributed by atoms with van der Waals surface area (Å²) < 4.78 is 14.9. The van der Waals surface area contributed by atoms with Crippen LogP contribution in [0.3, 0.4) is 0 Å². The molecule has 2 rings (SSSR count). The largest absolute Gasteiger partial charge is 0.506 e. The Morgan fingerprint density at radius 3 is 1.82 bits per heavy atom. The Bertz CT molecular complexity index is 1190. The van der Waals surface area contributed by atoms with Crippen molar-refractivity contribution in [1.82, 2.24) is 0 Å². The van der Waals surface area contributed by atoms with Gasteiger partial charge in [-0.2, -0.15) is 0 Å². The summed E-state index contributed by atoms with van der Waals surface area (Å²) in [5, 5.41) is 9.11. The van der Waals surface area contributed by atoms with E-state index in [0.29, 0.717) is 23.6 Å². The molecule has 0 atom stereocenters. The van der Waals surface area contributed by atoms with Gasteiger partial charge >= 0.3 is 11.9 Å². The van der Waals surface area contributed by atoms with Gasteiger partial charge in [-0.15, -0.1) is 0 Å². The molecule has 0 aliphatic rings. The number of aromatic hydroxyl groups is 1. The average Bonchev–Trinajstić information content (AvgIpc) is 2.90. The fourth-order valence-electron chi connectivity index (χ4n) is 3.31. The van der Waals surface area contributed by atoms with Crippen molar-refractivity contribution < 1.29 is 28.9 Å². The van der Waals surface area contributed by atoms with Crippen LogP contribution in [-0.2, 0) is 9.47 Å². The maximum Gasteiger partial charge on any atom is 0.337 e. The van der Waals surface area contributed by atoms with Crippen molar-refractivity contribution in [3.05, 3.63) is 82.5 Å². The summed E-state index contributed by atoms with van der Waals surface area (Å²) in [5.41, 5.74) is 16.8. The van der Waals surface area contributed by atoms with Crippen LogP contribution in [0.1, 0.15) is 74.1 Å². The molecule has 0 aliphatic carbocycles. The lowest BCUT2D eigenvalue weighted by Gasteiger charge is -2.09. The number of carbonyl (C=O) groups excluding carboxylic acids is 2. The first-order valence-corrected chi connectivity index (χ1v) is 12.7. The zero-order valence-electron chi connectivity index (χ0n) is 23.9. The molecule has 2 aromatic carbocycles. The van der Waals surface area contributed by atoms with Gasteiger partial charge in [0, 0.05) is 0 Å². The SMILES string of the molecule is COC(=O)c1ccc(N)c(O)c1.COC(=O)c1ccc(N)c(OC/C=C(\C)CC/C=C(\C)CCC=C(C)C)c1. The summed E-state index contributed by atoms with van der Waals surface area (Å²) in [7, 11) is 2.62.